The zero-order valence-corrected chi connectivity index (χ0v) is 21.8. The Morgan fingerprint density at radius 1 is 1.27 bits per heavy atom. The molecule has 5 rings (SSSR count). The summed E-state index contributed by atoms with van der Waals surface area (Å²) < 4.78 is 1.71. The lowest BCUT2D eigenvalue weighted by atomic mass is 10.0. The predicted molar refractivity (Wildman–Crippen MR) is 136 cm³/mol. The summed E-state index contributed by atoms with van der Waals surface area (Å²) in [5.74, 6) is -0.204. The Hall–Kier alpha value is -1.65. The Balaban J connectivity index is 1.19. The van der Waals surface area contributed by atoms with E-state index < -0.39 is 6.10 Å². The molecule has 3 heterocycles. The second kappa shape index (κ2) is 9.92. The second-order valence-corrected chi connectivity index (χ2v) is 11.9. The van der Waals surface area contributed by atoms with Crippen molar-refractivity contribution in [2.24, 2.45) is 0 Å². The molecule has 0 spiro atoms. The SMILES string of the molecule is O=C(Nc1ccc(C[C@@H]2CC[C@H](C(O)c3cccnc3)N2)cc1Br)[C@@H]1CCc2sc(Br)nc21. The zero-order valence-electron chi connectivity index (χ0n) is 17.8. The van der Waals surface area contributed by atoms with Crippen molar-refractivity contribution in [1.29, 1.82) is 0 Å². The molecule has 1 unspecified atom stereocenters. The van der Waals surface area contributed by atoms with Crippen molar-refractivity contribution in [2.75, 3.05) is 5.32 Å². The van der Waals surface area contributed by atoms with Gasteiger partial charge in [0, 0.05) is 39.4 Å². The molecule has 1 saturated heterocycles. The van der Waals surface area contributed by atoms with Gasteiger partial charge in [0.25, 0.3) is 0 Å². The number of nitrogens with one attached hydrogen (secondary N) is 2. The lowest BCUT2D eigenvalue weighted by Crippen LogP contribution is -2.35. The highest BCUT2D eigenvalue weighted by Crippen LogP contribution is 2.39. The average molecular weight is 592 g/mol. The van der Waals surface area contributed by atoms with E-state index in [4.69, 9.17) is 0 Å². The molecule has 33 heavy (non-hydrogen) atoms. The Kier molecular flexibility index (Phi) is 6.94. The minimum Gasteiger partial charge on any atom is -0.387 e. The van der Waals surface area contributed by atoms with Crippen molar-refractivity contribution in [1.82, 2.24) is 15.3 Å². The molecule has 0 saturated carbocycles. The van der Waals surface area contributed by atoms with E-state index in [2.05, 4.69) is 64.6 Å². The van der Waals surface area contributed by atoms with E-state index >= 15 is 0 Å². The normalized spacial score (nSPS) is 22.8. The van der Waals surface area contributed by atoms with Crippen molar-refractivity contribution >= 4 is 54.8 Å². The standard InChI is InChI=1S/C24H24Br2N4O2S/c25-17-11-13(10-15-4-7-19(28-15)22(31)14-2-1-9-27-12-14)3-6-18(17)29-23(32)16-5-8-20-21(16)30-24(26)33-20/h1-3,6,9,11-12,15-16,19,22,28,31H,4-5,7-8,10H2,(H,29,32)/t15-,16+,19+,22?/m0/s1. The number of fused-ring (bicyclic) bond motifs is 1. The number of aryl methyl sites for hydroxylation is 1. The summed E-state index contributed by atoms with van der Waals surface area (Å²) in [5, 5.41) is 17.3. The Labute approximate surface area is 213 Å². The number of hydrogen-bond donors (Lipinski definition) is 3. The fraction of sp³-hybridized carbons (Fsp3) is 0.375. The molecule has 2 aliphatic rings. The molecular formula is C24H24Br2N4O2S. The van der Waals surface area contributed by atoms with Gasteiger partial charge in [0.1, 0.15) is 0 Å². The number of aliphatic hydroxyl groups is 1. The predicted octanol–water partition coefficient (Wildman–Crippen LogP) is 5.13. The molecule has 3 N–H and O–H groups in total. The van der Waals surface area contributed by atoms with Crippen LogP contribution in [-0.2, 0) is 17.6 Å². The summed E-state index contributed by atoms with van der Waals surface area (Å²) in [6.45, 7) is 0. The number of rotatable bonds is 6. The van der Waals surface area contributed by atoms with E-state index in [9.17, 15) is 9.90 Å². The van der Waals surface area contributed by atoms with Gasteiger partial charge < -0.3 is 15.7 Å². The van der Waals surface area contributed by atoms with Crippen LogP contribution in [0.1, 0.15) is 53.0 Å². The smallest absolute Gasteiger partial charge is 0.233 e. The first-order chi connectivity index (χ1) is 16.0. The number of nitrogens with zero attached hydrogens (tertiary/aromatic N) is 2. The Morgan fingerprint density at radius 2 is 2.15 bits per heavy atom. The van der Waals surface area contributed by atoms with Crippen LogP contribution in [0.4, 0.5) is 5.69 Å². The van der Waals surface area contributed by atoms with E-state index in [1.54, 1.807) is 23.7 Å². The van der Waals surface area contributed by atoms with Gasteiger partial charge >= 0.3 is 0 Å². The van der Waals surface area contributed by atoms with Crippen molar-refractivity contribution < 1.29 is 9.90 Å². The molecule has 1 amide bonds. The Bertz CT molecular complexity index is 1160. The molecule has 172 valence electrons. The number of amides is 1. The first-order valence-electron chi connectivity index (χ1n) is 11.1. The van der Waals surface area contributed by atoms with Gasteiger partial charge in [-0.2, -0.15) is 0 Å². The molecule has 6 nitrogen and oxygen atoms in total. The lowest BCUT2D eigenvalue weighted by molar-refractivity contribution is -0.117. The number of pyridine rings is 1. The monoisotopic (exact) mass is 590 g/mol. The van der Waals surface area contributed by atoms with Crippen molar-refractivity contribution in [3.63, 3.8) is 0 Å². The van der Waals surface area contributed by atoms with Gasteiger partial charge in [-0.05, 0) is 87.7 Å². The molecule has 9 heteroatoms. The number of halogens is 2. The van der Waals surface area contributed by atoms with Gasteiger partial charge in [-0.25, -0.2) is 4.98 Å². The van der Waals surface area contributed by atoms with Gasteiger partial charge in [0.15, 0.2) is 3.92 Å². The van der Waals surface area contributed by atoms with E-state index in [0.29, 0.717) is 6.04 Å². The molecular weight excluding hydrogens is 568 g/mol. The summed E-state index contributed by atoms with van der Waals surface area (Å²) in [4.78, 5) is 22.7. The van der Waals surface area contributed by atoms with Gasteiger partial charge in [-0.1, -0.05) is 12.1 Å². The summed E-state index contributed by atoms with van der Waals surface area (Å²) in [6.07, 6.45) is 7.39. The number of aromatic nitrogens is 2. The number of benzene rings is 1. The number of carbonyl (C=O) groups is 1. The van der Waals surface area contributed by atoms with Crippen molar-refractivity contribution in [2.45, 2.75) is 56.2 Å². The highest BCUT2D eigenvalue weighted by molar-refractivity contribution is 9.11. The highest BCUT2D eigenvalue weighted by Gasteiger charge is 2.33. The maximum atomic E-state index is 12.9. The zero-order chi connectivity index (χ0) is 22.9. The first kappa shape index (κ1) is 23.1. The van der Waals surface area contributed by atoms with Gasteiger partial charge in [-0.3, -0.25) is 9.78 Å². The van der Waals surface area contributed by atoms with Crippen LogP contribution in [0.3, 0.4) is 0 Å². The van der Waals surface area contributed by atoms with Crippen molar-refractivity contribution in [3.05, 3.63) is 72.8 Å². The first-order valence-corrected chi connectivity index (χ1v) is 13.5. The summed E-state index contributed by atoms with van der Waals surface area (Å²) in [5.41, 5.74) is 3.71. The van der Waals surface area contributed by atoms with Crippen LogP contribution >= 0.6 is 43.2 Å². The van der Waals surface area contributed by atoms with Crippen LogP contribution < -0.4 is 10.6 Å². The molecule has 0 radical (unpaired) electrons. The van der Waals surface area contributed by atoms with Crippen LogP contribution in [0.5, 0.6) is 0 Å². The lowest BCUT2D eigenvalue weighted by Gasteiger charge is -2.20. The third-order valence-corrected chi connectivity index (χ3v) is 8.70. The number of carbonyl (C=O) groups excluding carboxylic acids is 1. The third-order valence-electron chi connectivity index (χ3n) is 6.46. The minimum atomic E-state index is -0.553. The molecule has 1 aliphatic carbocycles. The minimum absolute atomic E-state index is 0.00955. The molecule has 1 fully saturated rings. The van der Waals surface area contributed by atoms with Crippen molar-refractivity contribution in [3.8, 4) is 0 Å². The number of hydrogen-bond acceptors (Lipinski definition) is 6. The van der Waals surface area contributed by atoms with Crippen LogP contribution in [0.2, 0.25) is 0 Å². The molecule has 3 aromatic rings. The summed E-state index contributed by atoms with van der Waals surface area (Å²) >= 11 is 8.67. The quantitative estimate of drug-likeness (QED) is 0.370. The maximum absolute atomic E-state index is 12.9. The van der Waals surface area contributed by atoms with Crippen LogP contribution in [0.25, 0.3) is 0 Å². The topological polar surface area (TPSA) is 87.1 Å². The fourth-order valence-corrected chi connectivity index (χ4v) is 6.95. The summed E-state index contributed by atoms with van der Waals surface area (Å²) in [6, 6.07) is 10.2. The largest absolute Gasteiger partial charge is 0.387 e. The maximum Gasteiger partial charge on any atom is 0.233 e. The third kappa shape index (κ3) is 5.07. The van der Waals surface area contributed by atoms with Crippen LogP contribution in [0.15, 0.2) is 51.1 Å². The van der Waals surface area contributed by atoms with Gasteiger partial charge in [-0.15, -0.1) is 11.3 Å². The average Bonchev–Trinajstić information content (AvgIpc) is 3.51. The van der Waals surface area contributed by atoms with Crippen LogP contribution in [-0.4, -0.2) is 33.1 Å². The van der Waals surface area contributed by atoms with Gasteiger partial charge in [0.2, 0.25) is 5.91 Å². The number of aliphatic hydroxyl groups excluding tert-OH is 1. The summed E-state index contributed by atoms with van der Waals surface area (Å²) in [7, 11) is 0. The molecule has 2 aromatic heterocycles. The number of thiazole rings is 1. The number of anilines is 1. The van der Waals surface area contributed by atoms with E-state index in [1.807, 2.05) is 18.2 Å². The fourth-order valence-electron chi connectivity index (χ4n) is 4.79. The van der Waals surface area contributed by atoms with Gasteiger partial charge in [0.05, 0.1) is 23.4 Å². The van der Waals surface area contributed by atoms with Crippen LogP contribution in [0, 0.1) is 0 Å². The molecule has 1 aliphatic heterocycles. The Morgan fingerprint density at radius 3 is 2.94 bits per heavy atom. The van der Waals surface area contributed by atoms with E-state index in [-0.39, 0.29) is 17.9 Å². The molecule has 0 bridgehead atoms. The molecule has 4 atom stereocenters. The highest BCUT2D eigenvalue weighted by atomic mass is 79.9. The second-order valence-electron chi connectivity index (χ2n) is 8.65. The molecule has 1 aromatic carbocycles. The van der Waals surface area contributed by atoms with E-state index in [1.165, 1.54) is 10.4 Å². The van der Waals surface area contributed by atoms with E-state index in [0.717, 1.165) is 57.4 Å².